The SMILES string of the molecule is c1ccc2c3[n+](ccc2c1)Cc1ccsc1-3. The molecule has 0 saturated heterocycles. The average Bonchev–Trinajstić information content (AvgIpc) is 2.88. The fourth-order valence-electron chi connectivity index (χ4n) is 2.49. The van der Waals surface area contributed by atoms with Crippen LogP contribution in [0.5, 0.6) is 0 Å². The minimum atomic E-state index is 1.03. The number of pyridine rings is 1. The molecule has 76 valence electrons. The van der Waals surface area contributed by atoms with Crippen LogP contribution in [0.3, 0.4) is 0 Å². The van der Waals surface area contributed by atoms with Gasteiger partial charge in [-0.15, -0.1) is 11.3 Å². The summed E-state index contributed by atoms with van der Waals surface area (Å²) in [4.78, 5) is 1.44. The summed E-state index contributed by atoms with van der Waals surface area (Å²) in [6.45, 7) is 1.03. The molecule has 0 fully saturated rings. The number of benzene rings is 1. The van der Waals surface area contributed by atoms with Crippen molar-refractivity contribution in [2.24, 2.45) is 0 Å². The molecule has 0 radical (unpaired) electrons. The second kappa shape index (κ2) is 2.92. The van der Waals surface area contributed by atoms with Gasteiger partial charge in [0, 0.05) is 11.6 Å². The predicted octanol–water partition coefficient (Wildman–Crippen LogP) is 3.22. The Balaban J connectivity index is 2.20. The number of thiophene rings is 1. The Bertz CT molecular complexity index is 697. The highest BCUT2D eigenvalue weighted by molar-refractivity contribution is 7.13. The van der Waals surface area contributed by atoms with Gasteiger partial charge in [0.25, 0.3) is 0 Å². The fraction of sp³-hybridized carbons (Fsp3) is 0.0714. The predicted molar refractivity (Wildman–Crippen MR) is 66.6 cm³/mol. The smallest absolute Gasteiger partial charge is 0.193 e. The molecule has 0 unspecified atom stereocenters. The molecule has 0 amide bonds. The molecule has 0 atom stereocenters. The highest BCUT2D eigenvalue weighted by Gasteiger charge is 2.28. The second-order valence-corrected chi connectivity index (χ2v) is 5.07. The molecule has 1 aromatic carbocycles. The first kappa shape index (κ1) is 8.48. The van der Waals surface area contributed by atoms with E-state index in [1.54, 1.807) is 0 Å². The zero-order valence-corrected chi connectivity index (χ0v) is 9.50. The summed E-state index contributed by atoms with van der Waals surface area (Å²) in [6, 6.07) is 13.1. The van der Waals surface area contributed by atoms with E-state index >= 15 is 0 Å². The highest BCUT2D eigenvalue weighted by atomic mass is 32.1. The van der Waals surface area contributed by atoms with E-state index in [9.17, 15) is 0 Å². The molecule has 0 bridgehead atoms. The van der Waals surface area contributed by atoms with Crippen LogP contribution >= 0.6 is 11.3 Å². The average molecular weight is 224 g/mol. The summed E-state index contributed by atoms with van der Waals surface area (Å²) in [7, 11) is 0. The molecule has 0 aliphatic carbocycles. The van der Waals surface area contributed by atoms with Gasteiger partial charge in [-0.25, -0.2) is 0 Å². The third-order valence-corrected chi connectivity index (χ3v) is 4.20. The maximum atomic E-state index is 2.35. The van der Waals surface area contributed by atoms with E-state index in [1.165, 1.54) is 26.9 Å². The first-order valence-corrected chi connectivity index (χ1v) is 6.29. The monoisotopic (exact) mass is 224 g/mol. The van der Waals surface area contributed by atoms with Crippen molar-refractivity contribution in [3.8, 4) is 10.6 Å². The van der Waals surface area contributed by atoms with Crippen LogP contribution in [-0.2, 0) is 6.54 Å². The molecule has 1 aliphatic rings. The van der Waals surface area contributed by atoms with Gasteiger partial charge in [-0.2, -0.15) is 4.57 Å². The lowest BCUT2D eigenvalue weighted by atomic mass is 10.1. The highest BCUT2D eigenvalue weighted by Crippen LogP contribution is 2.35. The molecule has 0 N–H and O–H groups in total. The Kier molecular flexibility index (Phi) is 1.55. The molecule has 1 nitrogen and oxygen atoms in total. The van der Waals surface area contributed by atoms with Gasteiger partial charge >= 0.3 is 0 Å². The van der Waals surface area contributed by atoms with Crippen LogP contribution in [0.1, 0.15) is 5.56 Å². The molecular weight excluding hydrogens is 214 g/mol. The van der Waals surface area contributed by atoms with E-state index in [0.29, 0.717) is 0 Å². The zero-order chi connectivity index (χ0) is 10.5. The van der Waals surface area contributed by atoms with Crippen LogP contribution in [0, 0.1) is 0 Å². The van der Waals surface area contributed by atoms with Crippen molar-refractivity contribution in [2.75, 3.05) is 0 Å². The lowest BCUT2D eigenvalue weighted by Crippen LogP contribution is -2.31. The number of nitrogens with zero attached hydrogens (tertiary/aromatic N) is 1. The van der Waals surface area contributed by atoms with Gasteiger partial charge in [-0.1, -0.05) is 18.2 Å². The van der Waals surface area contributed by atoms with E-state index in [2.05, 4.69) is 52.5 Å². The van der Waals surface area contributed by atoms with E-state index < -0.39 is 0 Å². The van der Waals surface area contributed by atoms with Crippen molar-refractivity contribution in [3.05, 3.63) is 53.5 Å². The van der Waals surface area contributed by atoms with Gasteiger partial charge in [0.05, 0.1) is 5.39 Å². The molecule has 2 aromatic heterocycles. The topological polar surface area (TPSA) is 3.88 Å². The van der Waals surface area contributed by atoms with Crippen LogP contribution in [-0.4, -0.2) is 0 Å². The van der Waals surface area contributed by atoms with Crippen molar-refractivity contribution in [2.45, 2.75) is 6.54 Å². The minimum absolute atomic E-state index is 1.03. The summed E-state index contributed by atoms with van der Waals surface area (Å²) in [5, 5.41) is 4.89. The first-order chi connectivity index (χ1) is 7.93. The molecule has 0 saturated carbocycles. The fourth-order valence-corrected chi connectivity index (χ4v) is 3.48. The number of hydrogen-bond acceptors (Lipinski definition) is 1. The van der Waals surface area contributed by atoms with Crippen LogP contribution < -0.4 is 4.57 Å². The van der Waals surface area contributed by atoms with E-state index in [4.69, 9.17) is 0 Å². The van der Waals surface area contributed by atoms with Crippen molar-refractivity contribution in [1.29, 1.82) is 0 Å². The lowest BCUT2D eigenvalue weighted by molar-refractivity contribution is -0.670. The summed E-state index contributed by atoms with van der Waals surface area (Å²) >= 11 is 1.85. The Morgan fingerprint density at radius 2 is 2.00 bits per heavy atom. The molecule has 3 aromatic rings. The Morgan fingerprint density at radius 3 is 3.00 bits per heavy atom. The Hall–Kier alpha value is -1.67. The largest absolute Gasteiger partial charge is 0.231 e. The van der Waals surface area contributed by atoms with E-state index in [1.807, 2.05) is 11.3 Å². The zero-order valence-electron chi connectivity index (χ0n) is 8.68. The lowest BCUT2D eigenvalue weighted by Gasteiger charge is -1.99. The van der Waals surface area contributed by atoms with Gasteiger partial charge in [-0.3, -0.25) is 0 Å². The second-order valence-electron chi connectivity index (χ2n) is 4.15. The number of fused-ring (bicyclic) bond motifs is 5. The molecular formula is C14H10NS+. The van der Waals surface area contributed by atoms with Gasteiger partial charge in [0.1, 0.15) is 4.88 Å². The van der Waals surface area contributed by atoms with Crippen molar-refractivity contribution >= 4 is 22.1 Å². The molecule has 4 rings (SSSR count). The van der Waals surface area contributed by atoms with Crippen LogP contribution in [0.25, 0.3) is 21.3 Å². The van der Waals surface area contributed by atoms with Gasteiger partial charge in [-0.05, 0) is 22.9 Å². The summed E-state index contributed by atoms with van der Waals surface area (Å²) in [6.07, 6.45) is 2.20. The quantitative estimate of drug-likeness (QED) is 0.404. The van der Waals surface area contributed by atoms with Gasteiger partial charge in [0.15, 0.2) is 12.7 Å². The molecule has 0 spiro atoms. The van der Waals surface area contributed by atoms with Crippen LogP contribution in [0.4, 0.5) is 0 Å². The summed E-state index contributed by atoms with van der Waals surface area (Å²) in [5.74, 6) is 0. The molecule has 3 heterocycles. The maximum absolute atomic E-state index is 2.35. The van der Waals surface area contributed by atoms with Crippen molar-refractivity contribution < 1.29 is 4.57 Å². The summed E-state index contributed by atoms with van der Waals surface area (Å²) < 4.78 is 2.35. The van der Waals surface area contributed by atoms with Crippen LogP contribution in [0.15, 0.2) is 48.0 Å². The third kappa shape index (κ3) is 0.973. The molecule has 1 aliphatic heterocycles. The molecule has 2 heteroatoms. The normalized spacial score (nSPS) is 12.8. The number of hydrogen-bond donors (Lipinski definition) is 0. The van der Waals surface area contributed by atoms with E-state index in [0.717, 1.165) is 6.54 Å². The number of aromatic nitrogens is 1. The van der Waals surface area contributed by atoms with Gasteiger partial charge in [0.2, 0.25) is 5.69 Å². The third-order valence-electron chi connectivity index (χ3n) is 3.24. The number of rotatable bonds is 0. The molecule has 16 heavy (non-hydrogen) atoms. The summed E-state index contributed by atoms with van der Waals surface area (Å²) in [5.41, 5.74) is 2.85. The van der Waals surface area contributed by atoms with Gasteiger partial charge < -0.3 is 0 Å². The van der Waals surface area contributed by atoms with Crippen LogP contribution in [0.2, 0.25) is 0 Å². The first-order valence-electron chi connectivity index (χ1n) is 5.41. The minimum Gasteiger partial charge on any atom is -0.193 e. The maximum Gasteiger partial charge on any atom is 0.231 e. The standard InChI is InChI=1S/C14H10NS/c1-2-4-12-10(3-1)5-7-15-9-11-6-8-16-14(11)13(12)15/h1-8H,9H2/q+1. The van der Waals surface area contributed by atoms with Crippen molar-refractivity contribution in [1.82, 2.24) is 0 Å². The Morgan fingerprint density at radius 1 is 1.06 bits per heavy atom. The van der Waals surface area contributed by atoms with Crippen molar-refractivity contribution in [3.63, 3.8) is 0 Å². The van der Waals surface area contributed by atoms with E-state index in [-0.39, 0.29) is 0 Å². The Labute approximate surface area is 97.6 Å².